The number of amides is 1. The maximum atomic E-state index is 13.9. The van der Waals surface area contributed by atoms with E-state index in [2.05, 4.69) is 4.98 Å². The Bertz CT molecular complexity index is 1180. The lowest BCUT2D eigenvalue weighted by Gasteiger charge is -2.39. The first-order chi connectivity index (χ1) is 16.2. The molecule has 1 atom stereocenters. The van der Waals surface area contributed by atoms with Gasteiger partial charge in [-0.3, -0.25) is 14.7 Å². The first-order valence-electron chi connectivity index (χ1n) is 11.0. The standard InChI is InChI=1S/C26H26Cl2N2O4/c1-25(2,33)18-6-11-23-22(14-18)24(32)30(16-21-10-9-20(28)15-29-21)26(23,34-13-3-12-31)17-4-7-19(27)8-5-17/h4-11,14-15,31,33H,3,12-13,16H2,1-2H3/t26-/m1/s1. The van der Waals surface area contributed by atoms with Crippen LogP contribution in [-0.2, 0) is 22.6 Å². The van der Waals surface area contributed by atoms with Crippen molar-refractivity contribution >= 4 is 29.1 Å². The molecule has 0 aliphatic carbocycles. The van der Waals surface area contributed by atoms with Crippen LogP contribution in [0, 0.1) is 0 Å². The summed E-state index contributed by atoms with van der Waals surface area (Å²) in [4.78, 5) is 19.9. The van der Waals surface area contributed by atoms with Gasteiger partial charge in [0.2, 0.25) is 0 Å². The van der Waals surface area contributed by atoms with Gasteiger partial charge in [-0.1, -0.05) is 47.5 Å². The molecule has 1 aliphatic rings. The van der Waals surface area contributed by atoms with Crippen molar-refractivity contribution in [3.05, 3.63) is 98.8 Å². The molecule has 2 N–H and O–H groups in total. The van der Waals surface area contributed by atoms with Crippen molar-refractivity contribution in [3.8, 4) is 0 Å². The van der Waals surface area contributed by atoms with Gasteiger partial charge in [-0.25, -0.2) is 0 Å². The zero-order valence-corrected chi connectivity index (χ0v) is 20.5. The second-order valence-corrected chi connectivity index (χ2v) is 9.63. The lowest BCUT2D eigenvalue weighted by molar-refractivity contribution is -0.114. The quantitative estimate of drug-likeness (QED) is 0.431. The molecule has 0 bridgehead atoms. The average molecular weight is 501 g/mol. The highest BCUT2D eigenvalue weighted by atomic mass is 35.5. The summed E-state index contributed by atoms with van der Waals surface area (Å²) in [7, 11) is 0. The van der Waals surface area contributed by atoms with Gasteiger partial charge >= 0.3 is 0 Å². The van der Waals surface area contributed by atoms with E-state index in [1.54, 1.807) is 55.1 Å². The van der Waals surface area contributed by atoms with Crippen LogP contribution < -0.4 is 0 Å². The van der Waals surface area contributed by atoms with Crippen LogP contribution >= 0.6 is 23.2 Å². The molecule has 6 nitrogen and oxygen atoms in total. The molecule has 3 aromatic rings. The van der Waals surface area contributed by atoms with Crippen molar-refractivity contribution in [1.29, 1.82) is 0 Å². The third kappa shape index (κ3) is 4.57. The molecule has 0 saturated carbocycles. The van der Waals surface area contributed by atoms with Gasteiger partial charge in [-0.15, -0.1) is 0 Å². The summed E-state index contributed by atoms with van der Waals surface area (Å²) in [6.07, 6.45) is 1.93. The van der Waals surface area contributed by atoms with Crippen molar-refractivity contribution in [2.24, 2.45) is 0 Å². The molecule has 0 unspecified atom stereocenters. The van der Waals surface area contributed by atoms with Crippen LogP contribution in [-0.4, -0.2) is 39.2 Å². The van der Waals surface area contributed by atoms with Gasteiger partial charge in [-0.05, 0) is 56.2 Å². The Balaban J connectivity index is 1.92. The van der Waals surface area contributed by atoms with E-state index in [0.29, 0.717) is 44.4 Å². The van der Waals surface area contributed by atoms with Crippen molar-refractivity contribution in [1.82, 2.24) is 9.88 Å². The lowest BCUT2D eigenvalue weighted by Crippen LogP contribution is -2.47. The molecular weight excluding hydrogens is 475 g/mol. The normalized spacial score (nSPS) is 17.8. The summed E-state index contributed by atoms with van der Waals surface area (Å²) in [5.41, 5.74) is 0.662. The topological polar surface area (TPSA) is 82.9 Å². The second kappa shape index (κ2) is 9.64. The average Bonchev–Trinajstić information content (AvgIpc) is 3.03. The Hall–Kier alpha value is -2.48. The minimum absolute atomic E-state index is 0.0477. The number of ether oxygens (including phenoxy) is 1. The molecule has 1 amide bonds. The molecule has 1 aromatic heterocycles. The molecule has 0 fully saturated rings. The first kappa shape index (κ1) is 24.6. The maximum Gasteiger partial charge on any atom is 0.257 e. The van der Waals surface area contributed by atoms with Gasteiger partial charge in [0.15, 0.2) is 5.72 Å². The molecule has 4 rings (SSSR count). The van der Waals surface area contributed by atoms with E-state index in [9.17, 15) is 15.0 Å². The van der Waals surface area contributed by atoms with E-state index >= 15 is 0 Å². The molecule has 178 valence electrons. The highest BCUT2D eigenvalue weighted by molar-refractivity contribution is 6.30. The number of carbonyl (C=O) groups excluding carboxylic acids is 1. The van der Waals surface area contributed by atoms with Crippen LogP contribution in [0.1, 0.15) is 53.0 Å². The molecule has 2 heterocycles. The Kier molecular flexibility index (Phi) is 6.99. The summed E-state index contributed by atoms with van der Waals surface area (Å²) >= 11 is 12.2. The van der Waals surface area contributed by atoms with Crippen LogP contribution in [0.2, 0.25) is 10.0 Å². The number of benzene rings is 2. The Morgan fingerprint density at radius 2 is 1.76 bits per heavy atom. The zero-order valence-electron chi connectivity index (χ0n) is 19.0. The smallest absolute Gasteiger partial charge is 0.257 e. The van der Waals surface area contributed by atoms with Gasteiger partial charge in [0.05, 0.1) is 29.5 Å². The fraction of sp³-hybridized carbons (Fsp3) is 0.308. The third-order valence-electron chi connectivity index (χ3n) is 5.90. The molecular formula is C26H26Cl2N2O4. The molecule has 34 heavy (non-hydrogen) atoms. The van der Waals surface area contributed by atoms with Crippen molar-refractivity contribution in [3.63, 3.8) is 0 Å². The van der Waals surface area contributed by atoms with Crippen LogP contribution in [0.15, 0.2) is 60.8 Å². The van der Waals surface area contributed by atoms with Crippen LogP contribution in [0.25, 0.3) is 0 Å². The van der Waals surface area contributed by atoms with Gasteiger partial charge in [0, 0.05) is 34.5 Å². The summed E-state index contributed by atoms with van der Waals surface area (Å²) in [5.74, 6) is -0.253. The summed E-state index contributed by atoms with van der Waals surface area (Å²) in [5, 5.41) is 21.0. The highest BCUT2D eigenvalue weighted by Gasteiger charge is 2.52. The number of nitrogens with zero attached hydrogens (tertiary/aromatic N) is 2. The highest BCUT2D eigenvalue weighted by Crippen LogP contribution is 2.47. The minimum atomic E-state index is -1.27. The number of pyridine rings is 1. The number of hydrogen-bond acceptors (Lipinski definition) is 5. The summed E-state index contributed by atoms with van der Waals surface area (Å²) in [6, 6.07) is 16.0. The number of hydrogen-bond donors (Lipinski definition) is 2. The molecule has 0 saturated heterocycles. The monoisotopic (exact) mass is 500 g/mol. The molecule has 1 aliphatic heterocycles. The predicted molar refractivity (Wildman–Crippen MR) is 131 cm³/mol. The number of aromatic nitrogens is 1. The number of aliphatic hydroxyl groups is 2. The number of rotatable bonds is 8. The van der Waals surface area contributed by atoms with Crippen LogP contribution in [0.4, 0.5) is 0 Å². The number of aliphatic hydroxyl groups excluding tert-OH is 1. The lowest BCUT2D eigenvalue weighted by atomic mass is 9.89. The van der Waals surface area contributed by atoms with Crippen LogP contribution in [0.3, 0.4) is 0 Å². The van der Waals surface area contributed by atoms with Gasteiger partial charge in [0.1, 0.15) is 0 Å². The SMILES string of the molecule is CC(C)(O)c1ccc2c(c1)C(=O)N(Cc1ccc(Cl)cn1)[C@@]2(OCCCO)c1ccc(Cl)cc1. The molecule has 8 heteroatoms. The molecule has 0 spiro atoms. The van der Waals surface area contributed by atoms with E-state index in [0.717, 1.165) is 0 Å². The number of carbonyl (C=O) groups is 1. The van der Waals surface area contributed by atoms with E-state index in [1.165, 1.54) is 6.20 Å². The zero-order chi connectivity index (χ0) is 24.5. The summed E-state index contributed by atoms with van der Waals surface area (Å²) in [6.45, 7) is 3.67. The Morgan fingerprint density at radius 1 is 1.06 bits per heavy atom. The van der Waals surface area contributed by atoms with Crippen LogP contribution in [0.5, 0.6) is 0 Å². The van der Waals surface area contributed by atoms with Gasteiger partial charge in [0.25, 0.3) is 5.91 Å². The Labute approximate surface area is 208 Å². The molecule has 0 radical (unpaired) electrons. The van der Waals surface area contributed by atoms with Crippen molar-refractivity contribution < 1.29 is 19.7 Å². The largest absolute Gasteiger partial charge is 0.396 e. The first-order valence-corrected chi connectivity index (χ1v) is 11.7. The fourth-order valence-electron chi connectivity index (χ4n) is 4.19. The fourth-order valence-corrected chi connectivity index (χ4v) is 4.42. The van der Waals surface area contributed by atoms with E-state index in [-0.39, 0.29) is 25.7 Å². The van der Waals surface area contributed by atoms with Crippen molar-refractivity contribution in [2.45, 2.75) is 38.1 Å². The van der Waals surface area contributed by atoms with E-state index in [1.807, 2.05) is 18.2 Å². The number of fused-ring (bicyclic) bond motifs is 1. The van der Waals surface area contributed by atoms with Gasteiger partial charge < -0.3 is 14.9 Å². The Morgan fingerprint density at radius 3 is 2.38 bits per heavy atom. The predicted octanol–water partition coefficient (Wildman–Crippen LogP) is 4.87. The third-order valence-corrected chi connectivity index (χ3v) is 6.38. The second-order valence-electron chi connectivity index (χ2n) is 8.75. The maximum absolute atomic E-state index is 13.9. The van der Waals surface area contributed by atoms with E-state index < -0.39 is 11.3 Å². The van der Waals surface area contributed by atoms with Gasteiger partial charge in [-0.2, -0.15) is 0 Å². The van der Waals surface area contributed by atoms with E-state index in [4.69, 9.17) is 27.9 Å². The molecule has 2 aromatic carbocycles. The summed E-state index contributed by atoms with van der Waals surface area (Å²) < 4.78 is 6.47. The minimum Gasteiger partial charge on any atom is -0.396 e. The van der Waals surface area contributed by atoms with Crippen molar-refractivity contribution in [2.75, 3.05) is 13.2 Å². The number of halogens is 2.